The predicted molar refractivity (Wildman–Crippen MR) is 200 cm³/mol. The number of likely N-dealkylation sites (tertiary alicyclic amines) is 1. The average molecular weight is 661 g/mol. The van der Waals surface area contributed by atoms with Crippen molar-refractivity contribution in [3.05, 3.63) is 152 Å². The highest BCUT2D eigenvalue weighted by Crippen LogP contribution is 2.50. The molecule has 0 spiro atoms. The van der Waals surface area contributed by atoms with Gasteiger partial charge in [0.25, 0.3) is 0 Å². The van der Waals surface area contributed by atoms with Crippen LogP contribution in [-0.4, -0.2) is 44.8 Å². The van der Waals surface area contributed by atoms with Gasteiger partial charge in [-0.3, -0.25) is 0 Å². The van der Waals surface area contributed by atoms with E-state index in [-0.39, 0.29) is 6.04 Å². The fourth-order valence-corrected chi connectivity index (χ4v) is 10.3. The van der Waals surface area contributed by atoms with Gasteiger partial charge in [0.15, 0.2) is 11.5 Å². The topological polar surface area (TPSA) is 68.4 Å². The standard InChI is InChI=1S/C41H37N6OP/c1-46-28-14-15-32(29-46)47-41-38(39(44-47)31-24-26-34(27-25-31)48-33-16-6-2-7-17-33)40(42-30-43-41)45-49(35-18-8-3-9-19-35,36-20-10-4-11-21-36)37-22-12-5-13-23-37/h2-13,16-27,30,32H,14-15,28-29H2,1H3. The molecule has 0 aliphatic carbocycles. The summed E-state index contributed by atoms with van der Waals surface area (Å²) in [5.74, 6) is 2.20. The minimum Gasteiger partial charge on any atom is -0.457 e. The number of benzene rings is 5. The van der Waals surface area contributed by atoms with Crippen molar-refractivity contribution < 1.29 is 4.74 Å². The number of nitrogens with zero attached hydrogens (tertiary/aromatic N) is 6. The van der Waals surface area contributed by atoms with Crippen LogP contribution in [0.5, 0.6) is 11.5 Å². The Balaban J connectivity index is 1.38. The zero-order valence-corrected chi connectivity index (χ0v) is 28.3. The van der Waals surface area contributed by atoms with Gasteiger partial charge in [-0.1, -0.05) is 109 Å². The van der Waals surface area contributed by atoms with Crippen LogP contribution in [0.25, 0.3) is 22.3 Å². The molecule has 49 heavy (non-hydrogen) atoms. The molecular weight excluding hydrogens is 623 g/mol. The van der Waals surface area contributed by atoms with E-state index in [0.717, 1.165) is 75.6 Å². The molecule has 0 amide bonds. The molecule has 1 aliphatic rings. The summed E-state index contributed by atoms with van der Waals surface area (Å²) in [7, 11) is -0.422. The zero-order valence-electron chi connectivity index (χ0n) is 27.4. The molecule has 0 N–H and O–H groups in total. The third-order valence-corrected chi connectivity index (χ3v) is 12.8. The quantitative estimate of drug-likeness (QED) is 0.153. The van der Waals surface area contributed by atoms with Gasteiger partial charge in [0.2, 0.25) is 0 Å². The van der Waals surface area contributed by atoms with Gasteiger partial charge in [-0.05, 0) is 62.8 Å². The van der Waals surface area contributed by atoms with Crippen LogP contribution in [0.4, 0.5) is 5.82 Å². The Hall–Kier alpha value is -5.36. The molecule has 8 heteroatoms. The molecule has 7 aromatic rings. The summed E-state index contributed by atoms with van der Waals surface area (Å²) in [5.41, 5.74) is 2.59. The maximum Gasteiger partial charge on any atom is 0.166 e. The van der Waals surface area contributed by atoms with Crippen molar-refractivity contribution in [1.29, 1.82) is 0 Å². The Kier molecular flexibility index (Phi) is 8.61. The van der Waals surface area contributed by atoms with Crippen LogP contribution in [0.2, 0.25) is 0 Å². The molecule has 0 saturated carbocycles. The van der Waals surface area contributed by atoms with E-state index in [1.54, 1.807) is 6.33 Å². The molecule has 0 radical (unpaired) electrons. The first kappa shape index (κ1) is 30.9. The van der Waals surface area contributed by atoms with E-state index in [1.807, 2.05) is 42.5 Å². The number of rotatable bonds is 8. The van der Waals surface area contributed by atoms with Crippen LogP contribution < -0.4 is 20.7 Å². The summed E-state index contributed by atoms with van der Waals surface area (Å²) in [6.45, 7) is 1.99. The predicted octanol–water partition coefficient (Wildman–Crippen LogP) is 8.36. The molecule has 0 bridgehead atoms. The summed E-state index contributed by atoms with van der Waals surface area (Å²) < 4.78 is 14.1. The van der Waals surface area contributed by atoms with Gasteiger partial charge in [0.1, 0.15) is 23.5 Å². The number of piperidine rings is 1. The molecule has 7 nitrogen and oxygen atoms in total. The van der Waals surface area contributed by atoms with Crippen molar-refractivity contribution >= 4 is 39.8 Å². The van der Waals surface area contributed by atoms with E-state index < -0.39 is 7.05 Å². The molecule has 3 heterocycles. The lowest BCUT2D eigenvalue weighted by Crippen LogP contribution is -2.34. The molecule has 1 atom stereocenters. The average Bonchev–Trinajstić information content (AvgIpc) is 3.56. The monoisotopic (exact) mass is 660 g/mol. The Morgan fingerprint density at radius 2 is 1.22 bits per heavy atom. The number of para-hydroxylation sites is 1. The van der Waals surface area contributed by atoms with Gasteiger partial charge in [0.05, 0.1) is 18.5 Å². The first-order valence-electron chi connectivity index (χ1n) is 16.7. The molecule has 1 aliphatic heterocycles. The Bertz CT molecular complexity index is 2120. The third-order valence-electron chi connectivity index (χ3n) is 9.16. The summed E-state index contributed by atoms with van der Waals surface area (Å²) >= 11 is 0. The normalized spacial score (nSPS) is 15.2. The third kappa shape index (κ3) is 6.08. The second-order valence-electron chi connectivity index (χ2n) is 12.4. The van der Waals surface area contributed by atoms with Crippen molar-refractivity contribution in [1.82, 2.24) is 24.6 Å². The van der Waals surface area contributed by atoms with Crippen molar-refractivity contribution in [3.8, 4) is 22.8 Å². The first-order valence-corrected chi connectivity index (χ1v) is 18.5. The first-order chi connectivity index (χ1) is 24.2. The molecule has 2 aromatic heterocycles. The lowest BCUT2D eigenvalue weighted by Gasteiger charge is -2.29. The van der Waals surface area contributed by atoms with Crippen molar-refractivity contribution in [2.24, 2.45) is 4.74 Å². The largest absolute Gasteiger partial charge is 0.457 e. The van der Waals surface area contributed by atoms with Gasteiger partial charge in [-0.2, -0.15) is 5.10 Å². The lowest BCUT2D eigenvalue weighted by atomic mass is 10.1. The summed E-state index contributed by atoms with van der Waals surface area (Å²) in [6, 6.07) is 50.1. The number of fused-ring (bicyclic) bond motifs is 1. The minimum absolute atomic E-state index is 0.190. The second kappa shape index (κ2) is 13.6. The van der Waals surface area contributed by atoms with E-state index in [4.69, 9.17) is 24.5 Å². The SMILES string of the molecule is CN1CCCC(n2nc(-c3ccc(Oc4ccccc4)cc3)c3c(N=P(c4ccccc4)(c4ccccc4)c4ccccc4)ncnc32)C1. The number of likely N-dealkylation sites (N-methyl/N-ethyl adjacent to an activating group) is 1. The maximum atomic E-state index is 6.14. The fraction of sp³-hybridized carbons (Fsp3) is 0.146. The molecule has 1 unspecified atom stereocenters. The van der Waals surface area contributed by atoms with E-state index in [9.17, 15) is 0 Å². The molecule has 5 aromatic carbocycles. The number of hydrogen-bond donors (Lipinski definition) is 0. The van der Waals surface area contributed by atoms with Gasteiger partial charge in [-0.15, -0.1) is 0 Å². The Morgan fingerprint density at radius 1 is 0.673 bits per heavy atom. The molecule has 242 valence electrons. The van der Waals surface area contributed by atoms with Crippen LogP contribution in [0.1, 0.15) is 18.9 Å². The molecular formula is C41H37N6OP. The summed E-state index contributed by atoms with van der Waals surface area (Å²) in [6.07, 6.45) is 3.80. The highest BCUT2D eigenvalue weighted by atomic mass is 31.2. The van der Waals surface area contributed by atoms with Gasteiger partial charge >= 0.3 is 0 Å². The Labute approximate surface area is 286 Å². The summed E-state index contributed by atoms with van der Waals surface area (Å²) in [5, 5.41) is 9.67. The highest BCUT2D eigenvalue weighted by Gasteiger charge is 2.30. The zero-order chi connectivity index (χ0) is 33.0. The van der Waals surface area contributed by atoms with Crippen LogP contribution in [-0.2, 0) is 0 Å². The van der Waals surface area contributed by atoms with E-state index in [1.165, 1.54) is 0 Å². The molecule has 1 fully saturated rings. The number of hydrogen-bond acceptors (Lipinski definition) is 6. The molecule has 8 rings (SSSR count). The van der Waals surface area contributed by atoms with Crippen LogP contribution >= 0.6 is 7.05 Å². The van der Waals surface area contributed by atoms with Crippen molar-refractivity contribution in [2.45, 2.75) is 18.9 Å². The van der Waals surface area contributed by atoms with E-state index in [2.05, 4.69) is 120 Å². The minimum atomic E-state index is -2.60. The molecule has 1 saturated heterocycles. The fourth-order valence-electron chi connectivity index (χ4n) is 6.83. The maximum absolute atomic E-state index is 6.14. The summed E-state index contributed by atoms with van der Waals surface area (Å²) in [4.78, 5) is 12.2. The highest BCUT2D eigenvalue weighted by molar-refractivity contribution is 7.87. The van der Waals surface area contributed by atoms with Gasteiger partial charge < -0.3 is 9.64 Å². The van der Waals surface area contributed by atoms with E-state index >= 15 is 0 Å². The Morgan fingerprint density at radius 3 is 1.80 bits per heavy atom. The van der Waals surface area contributed by atoms with Crippen molar-refractivity contribution in [2.75, 3.05) is 20.1 Å². The van der Waals surface area contributed by atoms with Crippen LogP contribution in [0, 0.1) is 0 Å². The van der Waals surface area contributed by atoms with Crippen LogP contribution in [0.15, 0.2) is 157 Å². The van der Waals surface area contributed by atoms with E-state index in [0.29, 0.717) is 5.82 Å². The number of aromatic nitrogens is 4. The van der Waals surface area contributed by atoms with Crippen molar-refractivity contribution in [3.63, 3.8) is 0 Å². The lowest BCUT2D eigenvalue weighted by molar-refractivity contribution is 0.205. The second-order valence-corrected chi connectivity index (χ2v) is 15.4. The van der Waals surface area contributed by atoms with Gasteiger partial charge in [0, 0.05) is 28.0 Å². The number of ether oxygens (including phenoxy) is 1. The smallest absolute Gasteiger partial charge is 0.166 e. The van der Waals surface area contributed by atoms with Gasteiger partial charge in [-0.25, -0.2) is 19.4 Å². The van der Waals surface area contributed by atoms with Crippen LogP contribution in [0.3, 0.4) is 0 Å².